The van der Waals surface area contributed by atoms with Gasteiger partial charge in [-0.25, -0.2) is 9.97 Å². The quantitative estimate of drug-likeness (QED) is 0.160. The van der Waals surface area contributed by atoms with Crippen molar-refractivity contribution in [1.82, 2.24) is 19.1 Å². The van der Waals surface area contributed by atoms with Crippen LogP contribution in [0.25, 0.3) is 88.9 Å². The standard InChI is InChI=1S/C72H48N4/c1-6-24-47(25-7-1)70-73-64(75-62-40-22-18-36-54(62)58-44-42-56-52-34-16-20-38-60(52)71(66(56)68(58)75,48-26-8-2-9-27-48)49-28-10-3-11-29-49)46-65(74-70)76-63-41-23-19-37-55(63)59-45-43-57-53-35-17-21-39-61(53)72(67(57)69(59)76,50-30-12-4-13-31-50)51-32-14-5-15-33-51/h1-32,34-46,51H,33H2. The molecule has 76 heavy (non-hydrogen) atoms. The minimum absolute atomic E-state index is 0.138. The molecule has 4 heteroatoms. The summed E-state index contributed by atoms with van der Waals surface area (Å²) in [6.45, 7) is 0. The number of hydrogen-bond acceptors (Lipinski definition) is 2. The van der Waals surface area contributed by atoms with E-state index in [9.17, 15) is 0 Å². The van der Waals surface area contributed by atoms with Gasteiger partial charge >= 0.3 is 0 Å². The van der Waals surface area contributed by atoms with E-state index in [0.717, 1.165) is 45.7 Å². The SMILES string of the molecule is C1=CCC(C2(c3ccccc3)c3ccccc3-c3ccc4c5ccccc5n(-c5cc(-n6c7ccccc7c7ccc8c(c76)C(c6ccccc6)(c6ccccc6)c6ccccc6-8)nc(-c6ccccc6)n5)c4c32)C=C1. The van der Waals surface area contributed by atoms with Crippen LogP contribution >= 0.6 is 0 Å². The van der Waals surface area contributed by atoms with Crippen molar-refractivity contribution >= 4 is 43.6 Å². The van der Waals surface area contributed by atoms with Crippen LogP contribution in [0.1, 0.15) is 45.4 Å². The molecule has 0 amide bonds. The molecule has 10 aromatic carbocycles. The number of fused-ring (bicyclic) bond motifs is 14. The second-order valence-corrected chi connectivity index (χ2v) is 20.7. The molecule has 3 aliphatic rings. The average molecular weight is 969 g/mol. The zero-order valence-corrected chi connectivity index (χ0v) is 41.6. The van der Waals surface area contributed by atoms with Crippen molar-refractivity contribution in [2.45, 2.75) is 17.3 Å². The summed E-state index contributed by atoms with van der Waals surface area (Å²) in [4.78, 5) is 11.5. The highest BCUT2D eigenvalue weighted by Gasteiger charge is 2.51. The highest BCUT2D eigenvalue weighted by atomic mass is 15.1. The predicted molar refractivity (Wildman–Crippen MR) is 312 cm³/mol. The van der Waals surface area contributed by atoms with Crippen LogP contribution in [0, 0.1) is 5.92 Å². The van der Waals surface area contributed by atoms with Gasteiger partial charge in [0.2, 0.25) is 0 Å². The highest BCUT2D eigenvalue weighted by molar-refractivity contribution is 6.15. The zero-order valence-electron chi connectivity index (χ0n) is 41.6. The number of aromatic nitrogens is 4. The van der Waals surface area contributed by atoms with Crippen molar-refractivity contribution in [3.05, 3.63) is 312 Å². The van der Waals surface area contributed by atoms with E-state index in [-0.39, 0.29) is 5.92 Å². The van der Waals surface area contributed by atoms with Crippen molar-refractivity contribution in [3.8, 4) is 45.3 Å². The van der Waals surface area contributed by atoms with Crippen LogP contribution in [0.5, 0.6) is 0 Å². The van der Waals surface area contributed by atoms with E-state index in [1.54, 1.807) is 0 Å². The first-order chi connectivity index (χ1) is 37.7. The predicted octanol–water partition coefficient (Wildman–Crippen LogP) is 17.1. The molecule has 2 atom stereocenters. The first kappa shape index (κ1) is 42.8. The Bertz CT molecular complexity index is 4510. The maximum absolute atomic E-state index is 5.77. The van der Waals surface area contributed by atoms with Gasteiger partial charge < -0.3 is 0 Å². The summed E-state index contributed by atoms with van der Waals surface area (Å²) in [5.41, 5.74) is 18.1. The third-order valence-corrected chi connectivity index (χ3v) is 17.1. The Balaban J connectivity index is 1.07. The Hall–Kier alpha value is -9.64. The minimum atomic E-state index is -0.663. The Morgan fingerprint density at radius 3 is 1.43 bits per heavy atom. The van der Waals surface area contributed by atoms with E-state index in [1.165, 1.54) is 82.7 Å². The van der Waals surface area contributed by atoms with Gasteiger partial charge in [-0.15, -0.1) is 0 Å². The fraction of sp³-hybridized carbons (Fsp3) is 0.0556. The molecular formula is C72H48N4. The number of benzene rings is 10. The Kier molecular flexibility index (Phi) is 9.26. The van der Waals surface area contributed by atoms with Crippen LogP contribution < -0.4 is 0 Å². The normalized spacial score (nSPS) is 16.8. The summed E-state index contributed by atoms with van der Waals surface area (Å²) in [5, 5.41) is 4.72. The third kappa shape index (κ3) is 5.73. The van der Waals surface area contributed by atoms with E-state index < -0.39 is 10.8 Å². The summed E-state index contributed by atoms with van der Waals surface area (Å²) in [6, 6.07) is 91.8. The van der Waals surface area contributed by atoms with Gasteiger partial charge in [0, 0.05) is 44.3 Å². The molecular weight excluding hydrogens is 921 g/mol. The van der Waals surface area contributed by atoms with E-state index in [2.05, 4.69) is 282 Å². The van der Waals surface area contributed by atoms with Crippen LogP contribution in [0.2, 0.25) is 0 Å². The van der Waals surface area contributed by atoms with Crippen LogP contribution in [-0.2, 0) is 10.8 Å². The molecule has 0 fully saturated rings. The summed E-state index contributed by atoms with van der Waals surface area (Å²) in [5.74, 6) is 2.40. The van der Waals surface area contributed by atoms with Gasteiger partial charge in [-0.2, -0.15) is 0 Å². The summed E-state index contributed by atoms with van der Waals surface area (Å²) >= 11 is 0. The van der Waals surface area contributed by atoms with Crippen molar-refractivity contribution in [1.29, 1.82) is 0 Å². The second-order valence-electron chi connectivity index (χ2n) is 20.7. The molecule has 0 radical (unpaired) electrons. The van der Waals surface area contributed by atoms with Gasteiger partial charge in [0.25, 0.3) is 0 Å². The van der Waals surface area contributed by atoms with Gasteiger partial charge in [0.15, 0.2) is 5.82 Å². The molecule has 3 aliphatic carbocycles. The molecule has 0 bridgehead atoms. The summed E-state index contributed by atoms with van der Waals surface area (Å²) < 4.78 is 4.95. The van der Waals surface area contributed by atoms with Crippen molar-refractivity contribution in [2.75, 3.05) is 0 Å². The summed E-state index contributed by atoms with van der Waals surface area (Å²) in [7, 11) is 0. The molecule has 356 valence electrons. The number of para-hydroxylation sites is 2. The molecule has 3 aromatic heterocycles. The average Bonchev–Trinajstić information content (AvgIpc) is 4.31. The van der Waals surface area contributed by atoms with Gasteiger partial charge in [0.1, 0.15) is 11.6 Å². The van der Waals surface area contributed by atoms with Crippen molar-refractivity contribution < 1.29 is 0 Å². The number of nitrogens with zero attached hydrogens (tertiary/aromatic N) is 4. The number of rotatable bonds is 7. The lowest BCUT2D eigenvalue weighted by Gasteiger charge is -2.40. The molecule has 0 N–H and O–H groups in total. The molecule has 0 saturated carbocycles. The van der Waals surface area contributed by atoms with Gasteiger partial charge in [-0.05, 0) is 74.5 Å². The largest absolute Gasteiger partial charge is 0.293 e. The maximum atomic E-state index is 5.77. The van der Waals surface area contributed by atoms with Crippen molar-refractivity contribution in [3.63, 3.8) is 0 Å². The van der Waals surface area contributed by atoms with Crippen LogP contribution in [0.4, 0.5) is 0 Å². The van der Waals surface area contributed by atoms with Crippen LogP contribution in [0.15, 0.2) is 273 Å². The first-order valence-electron chi connectivity index (χ1n) is 26.5. The van der Waals surface area contributed by atoms with E-state index in [1.807, 2.05) is 0 Å². The Morgan fingerprint density at radius 1 is 0.382 bits per heavy atom. The molecule has 4 nitrogen and oxygen atoms in total. The first-order valence-corrected chi connectivity index (χ1v) is 26.5. The minimum Gasteiger partial charge on any atom is -0.293 e. The molecule has 3 heterocycles. The van der Waals surface area contributed by atoms with E-state index >= 15 is 0 Å². The zero-order chi connectivity index (χ0) is 50.0. The monoisotopic (exact) mass is 968 g/mol. The lowest BCUT2D eigenvalue weighted by molar-refractivity contribution is 0.459. The van der Waals surface area contributed by atoms with Crippen LogP contribution in [-0.4, -0.2) is 19.1 Å². The number of allylic oxidation sites excluding steroid dienone is 4. The van der Waals surface area contributed by atoms with Crippen molar-refractivity contribution in [2.24, 2.45) is 5.92 Å². The highest BCUT2D eigenvalue weighted by Crippen LogP contribution is 2.62. The second kappa shape index (κ2) is 16.4. The number of hydrogen-bond donors (Lipinski definition) is 0. The van der Waals surface area contributed by atoms with Gasteiger partial charge in [-0.1, -0.05) is 255 Å². The molecule has 16 rings (SSSR count). The lowest BCUT2D eigenvalue weighted by Crippen LogP contribution is -2.36. The molecule has 0 spiro atoms. The fourth-order valence-corrected chi connectivity index (χ4v) is 14.2. The Morgan fingerprint density at radius 2 is 0.855 bits per heavy atom. The Labute approximate surface area is 440 Å². The smallest absolute Gasteiger partial charge is 0.163 e. The van der Waals surface area contributed by atoms with Gasteiger partial charge in [-0.3, -0.25) is 9.13 Å². The third-order valence-electron chi connectivity index (χ3n) is 17.1. The van der Waals surface area contributed by atoms with Crippen LogP contribution in [0.3, 0.4) is 0 Å². The van der Waals surface area contributed by atoms with E-state index in [0.29, 0.717) is 5.82 Å². The van der Waals surface area contributed by atoms with Gasteiger partial charge in [0.05, 0.1) is 32.9 Å². The maximum Gasteiger partial charge on any atom is 0.163 e. The fourth-order valence-electron chi connectivity index (χ4n) is 14.2. The topological polar surface area (TPSA) is 35.6 Å². The van der Waals surface area contributed by atoms with E-state index in [4.69, 9.17) is 9.97 Å². The molecule has 0 aliphatic heterocycles. The molecule has 2 unspecified atom stereocenters. The molecule has 13 aromatic rings. The lowest BCUT2D eigenvalue weighted by atomic mass is 9.62. The summed E-state index contributed by atoms with van der Waals surface area (Å²) in [6.07, 6.45) is 10.2. The molecule has 0 saturated heterocycles.